The Morgan fingerprint density at radius 3 is 3.00 bits per heavy atom. The van der Waals surface area contributed by atoms with Crippen molar-refractivity contribution < 1.29 is 14.3 Å². The molecule has 2 saturated heterocycles. The van der Waals surface area contributed by atoms with Crippen molar-refractivity contribution in [1.29, 1.82) is 0 Å². The van der Waals surface area contributed by atoms with E-state index in [0.29, 0.717) is 24.0 Å². The van der Waals surface area contributed by atoms with Crippen molar-refractivity contribution in [2.45, 2.75) is 18.6 Å². The van der Waals surface area contributed by atoms with E-state index in [1.165, 1.54) is 0 Å². The van der Waals surface area contributed by atoms with Gasteiger partial charge in [-0.25, -0.2) is 4.79 Å². The molecule has 2 aliphatic heterocycles. The van der Waals surface area contributed by atoms with Crippen LogP contribution in [0.4, 0.5) is 0 Å². The molecule has 1 aromatic heterocycles. The first-order chi connectivity index (χ1) is 9.22. The number of ether oxygens (including phenoxy) is 1. The Labute approximate surface area is 112 Å². The van der Waals surface area contributed by atoms with Crippen molar-refractivity contribution >= 4 is 34.6 Å². The van der Waals surface area contributed by atoms with E-state index in [9.17, 15) is 9.59 Å². The molecule has 3 heterocycles. The number of morpholine rings is 1. The molecule has 2 bridgehead atoms. The van der Waals surface area contributed by atoms with Crippen LogP contribution >= 0.6 is 11.7 Å². The van der Waals surface area contributed by atoms with E-state index in [1.54, 1.807) is 23.1 Å². The number of benzene rings is 1. The maximum Gasteiger partial charge on any atom is 0.329 e. The molecule has 4 rings (SSSR count). The topological polar surface area (TPSA) is 72.4 Å². The molecule has 0 N–H and O–H groups in total. The molecule has 7 heteroatoms. The van der Waals surface area contributed by atoms with Crippen LogP contribution in [0.15, 0.2) is 18.2 Å². The molecule has 2 aromatic rings. The third kappa shape index (κ3) is 1.54. The van der Waals surface area contributed by atoms with Crippen LogP contribution < -0.4 is 0 Å². The lowest BCUT2D eigenvalue weighted by molar-refractivity contribution is -0.149. The van der Waals surface area contributed by atoms with Gasteiger partial charge in [-0.2, -0.15) is 8.75 Å². The normalized spacial score (nSPS) is 25.1. The number of likely N-dealkylation sites (tertiary alicyclic amines) is 1. The van der Waals surface area contributed by atoms with Crippen LogP contribution in [0, 0.1) is 0 Å². The highest BCUT2D eigenvalue weighted by molar-refractivity contribution is 7.00. The average molecular weight is 275 g/mol. The first-order valence-electron chi connectivity index (χ1n) is 5.96. The van der Waals surface area contributed by atoms with E-state index in [0.717, 1.165) is 17.2 Å². The zero-order chi connectivity index (χ0) is 13.0. The zero-order valence-electron chi connectivity index (χ0n) is 9.78. The van der Waals surface area contributed by atoms with E-state index in [4.69, 9.17) is 4.74 Å². The van der Waals surface area contributed by atoms with Gasteiger partial charge < -0.3 is 9.64 Å². The van der Waals surface area contributed by atoms with Gasteiger partial charge in [-0.3, -0.25) is 4.79 Å². The number of hydrogen-bond acceptors (Lipinski definition) is 6. The number of rotatable bonds is 1. The molecular formula is C12H9N3O3S. The number of carbonyl (C=O) groups excluding carboxylic acids is 2. The number of amides is 1. The molecule has 0 radical (unpaired) electrons. The van der Waals surface area contributed by atoms with E-state index < -0.39 is 6.04 Å². The van der Waals surface area contributed by atoms with Crippen molar-refractivity contribution in [1.82, 2.24) is 13.6 Å². The Bertz CT molecular complexity index is 698. The molecular weight excluding hydrogens is 266 g/mol. The lowest BCUT2D eigenvalue weighted by atomic mass is 10.1. The number of fused-ring (bicyclic) bond motifs is 3. The number of esters is 1. The molecule has 0 saturated carbocycles. The van der Waals surface area contributed by atoms with E-state index >= 15 is 0 Å². The van der Waals surface area contributed by atoms with Gasteiger partial charge in [0.25, 0.3) is 5.91 Å². The van der Waals surface area contributed by atoms with Crippen LogP contribution in [0.25, 0.3) is 11.0 Å². The minimum atomic E-state index is -0.415. The van der Waals surface area contributed by atoms with Crippen molar-refractivity contribution in [2.24, 2.45) is 0 Å². The summed E-state index contributed by atoms with van der Waals surface area (Å²) < 4.78 is 13.3. The number of aromatic nitrogens is 2. The minimum absolute atomic E-state index is 0.133. The van der Waals surface area contributed by atoms with Crippen LogP contribution in [0.3, 0.4) is 0 Å². The van der Waals surface area contributed by atoms with Gasteiger partial charge in [0.2, 0.25) is 0 Å². The summed E-state index contributed by atoms with van der Waals surface area (Å²) in [5.41, 5.74) is 2.03. The summed E-state index contributed by atoms with van der Waals surface area (Å²) in [7, 11) is 0. The first kappa shape index (κ1) is 10.9. The fourth-order valence-electron chi connectivity index (χ4n) is 2.65. The molecule has 1 aromatic carbocycles. The van der Waals surface area contributed by atoms with Crippen LogP contribution in [-0.2, 0) is 9.53 Å². The molecule has 19 heavy (non-hydrogen) atoms. The standard InChI is InChI=1S/C12H9N3O3S/c16-11(15-5-7-4-10(15)12(17)18-7)6-1-2-8-9(3-6)14-19-13-8/h1-3,7,10H,4-5H2/t7-,10+/m0/s1. The average Bonchev–Trinajstić information content (AvgIpc) is 3.10. The fourth-order valence-corrected chi connectivity index (χ4v) is 3.17. The smallest absolute Gasteiger partial charge is 0.329 e. The summed E-state index contributed by atoms with van der Waals surface area (Å²) in [5, 5.41) is 0. The second-order valence-corrected chi connectivity index (χ2v) is 5.26. The quantitative estimate of drug-likeness (QED) is 0.721. The van der Waals surface area contributed by atoms with Gasteiger partial charge in [-0.05, 0) is 18.2 Å². The molecule has 2 aliphatic rings. The molecule has 0 unspecified atom stereocenters. The maximum atomic E-state index is 12.4. The SMILES string of the molecule is O=C1O[C@H]2C[C@H]1N(C(=O)c1ccc3nsnc3c1)C2. The molecule has 6 nitrogen and oxygen atoms in total. The number of hydrogen-bond donors (Lipinski definition) is 0. The monoisotopic (exact) mass is 275 g/mol. The Morgan fingerprint density at radius 2 is 2.21 bits per heavy atom. The molecule has 0 spiro atoms. The molecule has 96 valence electrons. The predicted octanol–water partition coefficient (Wildman–Crippen LogP) is 0.831. The van der Waals surface area contributed by atoms with E-state index in [2.05, 4.69) is 8.75 Å². The predicted molar refractivity (Wildman–Crippen MR) is 66.7 cm³/mol. The van der Waals surface area contributed by atoms with Gasteiger partial charge in [0.05, 0.1) is 18.3 Å². The Hall–Kier alpha value is -2.02. The third-order valence-corrected chi connectivity index (χ3v) is 4.14. The Balaban J connectivity index is 1.68. The van der Waals surface area contributed by atoms with Crippen molar-refractivity contribution in [2.75, 3.05) is 6.54 Å². The summed E-state index contributed by atoms with van der Waals surface area (Å²) in [6.45, 7) is 0.489. The highest BCUT2D eigenvalue weighted by Crippen LogP contribution is 2.30. The second kappa shape index (κ2) is 3.74. The van der Waals surface area contributed by atoms with Crippen molar-refractivity contribution in [3.8, 4) is 0 Å². The highest BCUT2D eigenvalue weighted by atomic mass is 32.1. The van der Waals surface area contributed by atoms with Crippen LogP contribution in [0.2, 0.25) is 0 Å². The summed E-state index contributed by atoms with van der Waals surface area (Å²) in [4.78, 5) is 25.5. The van der Waals surface area contributed by atoms with E-state index in [-0.39, 0.29) is 18.0 Å². The van der Waals surface area contributed by atoms with Gasteiger partial charge >= 0.3 is 5.97 Å². The number of carbonyl (C=O) groups is 2. The Kier molecular flexibility index (Phi) is 2.14. The minimum Gasteiger partial charge on any atom is -0.459 e. The van der Waals surface area contributed by atoms with Crippen LogP contribution in [0.1, 0.15) is 16.8 Å². The van der Waals surface area contributed by atoms with Gasteiger partial charge in [-0.15, -0.1) is 0 Å². The lowest BCUT2D eigenvalue weighted by Crippen LogP contribution is -2.44. The zero-order valence-corrected chi connectivity index (χ0v) is 10.6. The van der Waals surface area contributed by atoms with E-state index in [1.807, 2.05) is 0 Å². The van der Waals surface area contributed by atoms with Crippen LogP contribution in [0.5, 0.6) is 0 Å². The maximum absolute atomic E-state index is 12.4. The molecule has 1 amide bonds. The highest BCUT2D eigenvalue weighted by Gasteiger charge is 2.48. The van der Waals surface area contributed by atoms with Gasteiger partial charge in [0.15, 0.2) is 0 Å². The van der Waals surface area contributed by atoms with Gasteiger partial charge in [0.1, 0.15) is 23.2 Å². The molecule has 0 aliphatic carbocycles. The largest absolute Gasteiger partial charge is 0.459 e. The summed E-state index contributed by atoms with van der Waals surface area (Å²) in [6.07, 6.45) is 0.483. The van der Waals surface area contributed by atoms with Crippen molar-refractivity contribution in [3.63, 3.8) is 0 Å². The second-order valence-electron chi connectivity index (χ2n) is 4.74. The summed E-state index contributed by atoms with van der Waals surface area (Å²) in [5.74, 6) is -0.431. The molecule has 2 fully saturated rings. The van der Waals surface area contributed by atoms with Gasteiger partial charge in [0, 0.05) is 12.0 Å². The first-order valence-corrected chi connectivity index (χ1v) is 6.69. The van der Waals surface area contributed by atoms with Crippen molar-refractivity contribution in [3.05, 3.63) is 23.8 Å². The lowest BCUT2D eigenvalue weighted by Gasteiger charge is -2.25. The third-order valence-electron chi connectivity index (χ3n) is 3.58. The molecule has 2 atom stereocenters. The summed E-state index contributed by atoms with van der Waals surface area (Å²) >= 11 is 1.12. The number of nitrogens with zero attached hydrogens (tertiary/aromatic N) is 3. The van der Waals surface area contributed by atoms with Gasteiger partial charge in [-0.1, -0.05) is 0 Å². The summed E-state index contributed by atoms with van der Waals surface area (Å²) in [6, 6.07) is 4.81. The fraction of sp³-hybridized carbons (Fsp3) is 0.333. The Morgan fingerprint density at radius 1 is 1.37 bits per heavy atom. The van der Waals surface area contributed by atoms with Crippen LogP contribution in [-0.4, -0.2) is 44.2 Å².